The molecule has 1 heterocycles. The Kier molecular flexibility index (Phi) is 9.12. The Morgan fingerprint density at radius 1 is 0.912 bits per heavy atom. The van der Waals surface area contributed by atoms with Gasteiger partial charge in [0, 0.05) is 38.4 Å². The van der Waals surface area contributed by atoms with Crippen LogP contribution in [0.25, 0.3) is 0 Å². The first-order valence-corrected chi connectivity index (χ1v) is 10.5. The van der Waals surface area contributed by atoms with Gasteiger partial charge in [-0.2, -0.15) is 26.3 Å². The molecular formula is C23H27ClF6N2O2. The number of aliphatic hydroxyl groups excluding tert-OH is 1. The molecule has 1 unspecified atom stereocenters. The quantitative estimate of drug-likeness (QED) is 0.531. The average molecular weight is 513 g/mol. The van der Waals surface area contributed by atoms with Crippen LogP contribution in [0.1, 0.15) is 22.3 Å². The minimum atomic E-state index is -4.95. The summed E-state index contributed by atoms with van der Waals surface area (Å²) < 4.78 is 82.9. The minimum absolute atomic E-state index is 0. The molecule has 1 fully saturated rings. The van der Waals surface area contributed by atoms with Crippen LogP contribution in [0.3, 0.4) is 0 Å². The molecule has 3 rings (SSSR count). The van der Waals surface area contributed by atoms with Gasteiger partial charge in [0.1, 0.15) is 18.5 Å². The van der Waals surface area contributed by atoms with Gasteiger partial charge in [0.05, 0.1) is 11.1 Å². The van der Waals surface area contributed by atoms with Gasteiger partial charge in [-0.15, -0.1) is 12.4 Å². The van der Waals surface area contributed by atoms with E-state index in [9.17, 15) is 31.4 Å². The molecule has 4 nitrogen and oxygen atoms in total. The fourth-order valence-corrected chi connectivity index (χ4v) is 3.80. The van der Waals surface area contributed by atoms with Crippen LogP contribution in [0.15, 0.2) is 36.4 Å². The summed E-state index contributed by atoms with van der Waals surface area (Å²) in [7, 11) is 0. The number of hydrogen-bond acceptors (Lipinski definition) is 4. The first kappa shape index (κ1) is 28.1. The number of anilines is 1. The number of benzene rings is 2. The maximum atomic E-state index is 13.0. The molecule has 0 aromatic heterocycles. The van der Waals surface area contributed by atoms with E-state index in [-0.39, 0.29) is 25.0 Å². The fourth-order valence-electron chi connectivity index (χ4n) is 3.80. The lowest BCUT2D eigenvalue weighted by Gasteiger charge is -2.37. The Morgan fingerprint density at radius 2 is 1.47 bits per heavy atom. The number of piperazine rings is 1. The molecule has 0 saturated carbocycles. The zero-order chi connectivity index (χ0) is 24.4. The second-order valence-electron chi connectivity index (χ2n) is 8.21. The van der Waals surface area contributed by atoms with Crippen molar-refractivity contribution in [1.82, 2.24) is 4.90 Å². The van der Waals surface area contributed by atoms with E-state index in [0.29, 0.717) is 25.2 Å². The van der Waals surface area contributed by atoms with Gasteiger partial charge in [-0.1, -0.05) is 12.1 Å². The molecule has 11 heteroatoms. The van der Waals surface area contributed by atoms with E-state index in [1.165, 1.54) is 11.1 Å². The third-order valence-corrected chi connectivity index (χ3v) is 5.76. The molecular weight excluding hydrogens is 486 g/mol. The van der Waals surface area contributed by atoms with E-state index in [1.807, 2.05) is 24.0 Å². The maximum absolute atomic E-state index is 13.0. The highest BCUT2D eigenvalue weighted by Crippen LogP contribution is 2.38. The van der Waals surface area contributed by atoms with Crippen molar-refractivity contribution in [3.63, 3.8) is 0 Å². The summed E-state index contributed by atoms with van der Waals surface area (Å²) in [6.45, 7) is 6.69. The van der Waals surface area contributed by atoms with Crippen LogP contribution in [-0.2, 0) is 12.4 Å². The van der Waals surface area contributed by atoms with Crippen molar-refractivity contribution in [1.29, 1.82) is 0 Å². The second kappa shape index (κ2) is 11.0. The van der Waals surface area contributed by atoms with Crippen LogP contribution in [-0.4, -0.2) is 55.4 Å². The van der Waals surface area contributed by atoms with Gasteiger partial charge in [0.25, 0.3) is 0 Å². The molecule has 0 aliphatic carbocycles. The molecule has 1 N–H and O–H groups in total. The molecule has 1 saturated heterocycles. The molecule has 0 radical (unpaired) electrons. The van der Waals surface area contributed by atoms with Crippen LogP contribution in [0, 0.1) is 13.8 Å². The van der Waals surface area contributed by atoms with Gasteiger partial charge in [-0.05, 0) is 49.2 Å². The van der Waals surface area contributed by atoms with Gasteiger partial charge in [0.2, 0.25) is 0 Å². The third-order valence-electron chi connectivity index (χ3n) is 5.76. The monoisotopic (exact) mass is 512 g/mol. The number of aliphatic hydroxyl groups is 1. The Hall–Kier alpha value is -2.17. The summed E-state index contributed by atoms with van der Waals surface area (Å²) in [5, 5.41) is 10.3. The number of alkyl halides is 6. The third kappa shape index (κ3) is 7.16. The van der Waals surface area contributed by atoms with Crippen molar-refractivity contribution in [3.05, 3.63) is 58.7 Å². The summed E-state index contributed by atoms with van der Waals surface area (Å²) in [6.07, 6.45) is -11.0. The largest absolute Gasteiger partial charge is 0.491 e. The highest BCUT2D eigenvalue weighted by atomic mass is 35.5. The number of β-amino-alcohol motifs (C(OH)–C–C–N with tert-alkyl or cyclic N) is 1. The number of aryl methyl sites for hydroxylation is 1. The van der Waals surface area contributed by atoms with Gasteiger partial charge in [-0.25, -0.2) is 0 Å². The summed E-state index contributed by atoms with van der Waals surface area (Å²) in [4.78, 5) is 4.24. The molecule has 0 spiro atoms. The van der Waals surface area contributed by atoms with Gasteiger partial charge in [-0.3, -0.25) is 4.90 Å². The molecule has 1 atom stereocenters. The summed E-state index contributed by atoms with van der Waals surface area (Å²) in [5.74, 6) is -0.587. The fraction of sp³-hybridized carbons (Fsp3) is 0.478. The van der Waals surface area contributed by atoms with E-state index >= 15 is 0 Å². The first-order valence-electron chi connectivity index (χ1n) is 10.5. The minimum Gasteiger partial charge on any atom is -0.491 e. The topological polar surface area (TPSA) is 35.9 Å². The molecule has 1 aliphatic heterocycles. The Morgan fingerprint density at radius 3 is 2.00 bits per heavy atom. The Balaban J connectivity index is 0.00000408. The lowest BCUT2D eigenvalue weighted by molar-refractivity contribution is -0.143. The molecule has 0 amide bonds. The number of rotatable bonds is 6. The molecule has 0 bridgehead atoms. The summed E-state index contributed by atoms with van der Waals surface area (Å²) in [6, 6.07) is 7.16. The zero-order valence-electron chi connectivity index (χ0n) is 18.7. The van der Waals surface area contributed by atoms with Crippen molar-refractivity contribution < 1.29 is 36.2 Å². The van der Waals surface area contributed by atoms with E-state index in [4.69, 9.17) is 4.74 Å². The average Bonchev–Trinajstić information content (AvgIpc) is 2.73. The maximum Gasteiger partial charge on any atom is 0.416 e. The van der Waals surface area contributed by atoms with Gasteiger partial charge in [0.15, 0.2) is 0 Å². The normalized spacial score (nSPS) is 16.2. The molecule has 34 heavy (non-hydrogen) atoms. The van der Waals surface area contributed by atoms with Crippen LogP contribution >= 0.6 is 12.4 Å². The van der Waals surface area contributed by atoms with E-state index in [2.05, 4.69) is 17.9 Å². The number of halogens is 7. The van der Waals surface area contributed by atoms with Crippen LogP contribution in [0.4, 0.5) is 32.0 Å². The second-order valence-corrected chi connectivity index (χ2v) is 8.21. The first-order chi connectivity index (χ1) is 15.3. The van der Waals surface area contributed by atoms with E-state index in [0.717, 1.165) is 18.8 Å². The van der Waals surface area contributed by atoms with Gasteiger partial charge < -0.3 is 14.7 Å². The van der Waals surface area contributed by atoms with Crippen molar-refractivity contribution in [2.75, 3.05) is 44.2 Å². The number of hydrogen-bond donors (Lipinski definition) is 1. The highest BCUT2D eigenvalue weighted by Gasteiger charge is 2.37. The predicted molar refractivity (Wildman–Crippen MR) is 120 cm³/mol. The summed E-state index contributed by atoms with van der Waals surface area (Å²) >= 11 is 0. The Labute approximate surface area is 200 Å². The van der Waals surface area contributed by atoms with Crippen LogP contribution in [0.2, 0.25) is 0 Å². The van der Waals surface area contributed by atoms with E-state index < -0.39 is 41.9 Å². The van der Waals surface area contributed by atoms with Crippen molar-refractivity contribution in [3.8, 4) is 5.75 Å². The Bertz CT molecular complexity index is 927. The SMILES string of the molecule is Cc1cccc(N2CCN(CC(O)COc3cc(C(F)(F)F)cc(C(F)(F)F)c3)CC2)c1C.Cl. The number of nitrogens with zero attached hydrogens (tertiary/aromatic N) is 2. The van der Waals surface area contributed by atoms with E-state index in [1.54, 1.807) is 0 Å². The standard InChI is InChI=1S/C23H26F6N2O2.ClH/c1-15-4-3-5-21(16(15)2)31-8-6-30(7-9-31)13-19(32)14-33-20-11-17(22(24,25)26)10-18(12-20)23(27,28)29;/h3-5,10-12,19,32H,6-9,13-14H2,1-2H3;1H. The summed E-state index contributed by atoms with van der Waals surface area (Å²) in [5.41, 5.74) is 0.654. The molecule has 190 valence electrons. The van der Waals surface area contributed by atoms with Crippen LogP contribution < -0.4 is 9.64 Å². The predicted octanol–water partition coefficient (Wildman–Crippen LogP) is 5.32. The molecule has 2 aromatic rings. The zero-order valence-corrected chi connectivity index (χ0v) is 19.5. The molecule has 2 aromatic carbocycles. The van der Waals surface area contributed by atoms with Crippen molar-refractivity contribution in [2.45, 2.75) is 32.3 Å². The smallest absolute Gasteiger partial charge is 0.416 e. The van der Waals surface area contributed by atoms with Crippen LogP contribution in [0.5, 0.6) is 5.75 Å². The highest BCUT2D eigenvalue weighted by molar-refractivity contribution is 5.85. The van der Waals surface area contributed by atoms with Crippen molar-refractivity contribution in [2.24, 2.45) is 0 Å². The van der Waals surface area contributed by atoms with Gasteiger partial charge >= 0.3 is 12.4 Å². The lowest BCUT2D eigenvalue weighted by atomic mass is 10.1. The molecule has 1 aliphatic rings. The lowest BCUT2D eigenvalue weighted by Crippen LogP contribution is -2.49. The number of ether oxygens (including phenoxy) is 1. The van der Waals surface area contributed by atoms with Crippen molar-refractivity contribution >= 4 is 18.1 Å².